The van der Waals surface area contributed by atoms with Crippen molar-refractivity contribution in [1.29, 1.82) is 0 Å². The van der Waals surface area contributed by atoms with Crippen LogP contribution in [0.3, 0.4) is 0 Å². The maximum atomic E-state index is 16.0. The minimum absolute atomic E-state index is 0.0101. The number of fused-ring (bicyclic) bond motifs is 1. The normalized spacial score (nSPS) is 28.3. The van der Waals surface area contributed by atoms with Gasteiger partial charge in [-0.25, -0.2) is 28.5 Å². The van der Waals surface area contributed by atoms with Crippen molar-refractivity contribution in [1.82, 2.24) is 24.5 Å². The van der Waals surface area contributed by atoms with Gasteiger partial charge in [0.25, 0.3) is 5.91 Å². The number of ether oxygens (including phenoxy) is 1. The highest BCUT2D eigenvalue weighted by Gasteiger charge is 2.51. The van der Waals surface area contributed by atoms with Crippen LogP contribution in [-0.2, 0) is 32.0 Å². The van der Waals surface area contributed by atoms with Gasteiger partial charge in [-0.3, -0.25) is 23.4 Å². The van der Waals surface area contributed by atoms with Crippen molar-refractivity contribution in [2.24, 2.45) is 11.7 Å². The minimum atomic E-state index is -4.14. The number of carbonyl (C=O) groups excluding carboxylic acids is 1. The summed E-state index contributed by atoms with van der Waals surface area (Å²) in [4.78, 5) is 27.5. The highest BCUT2D eigenvalue weighted by molar-refractivity contribution is 8.44. The van der Waals surface area contributed by atoms with Gasteiger partial charge < -0.3 is 25.3 Å². The number of hydrogen-bond donors (Lipinski definition) is 4. The molecule has 0 radical (unpaired) electrons. The second kappa shape index (κ2) is 13.1. The second-order valence-corrected chi connectivity index (χ2v) is 15.8. The van der Waals surface area contributed by atoms with Crippen LogP contribution in [0, 0.1) is 5.92 Å². The van der Waals surface area contributed by atoms with Gasteiger partial charge in [0.05, 0.1) is 26.1 Å². The van der Waals surface area contributed by atoms with Gasteiger partial charge in [-0.15, -0.1) is 0 Å². The highest BCUT2D eigenvalue weighted by Crippen LogP contribution is 2.58. The average Bonchev–Trinajstić information content (AvgIpc) is 3.48. The Hall–Kier alpha value is -2.14. The molecule has 1 saturated carbocycles. The quantitative estimate of drug-likeness (QED) is 0.150. The molecule has 20 heteroatoms. The number of carbonyl (C=O) groups is 1. The molecule has 2 aliphatic rings. The summed E-state index contributed by atoms with van der Waals surface area (Å²) in [6, 6.07) is 3.45. The third-order valence-corrected chi connectivity index (χ3v) is 10.5. The van der Waals surface area contributed by atoms with E-state index in [1.807, 2.05) is 0 Å². The van der Waals surface area contributed by atoms with Crippen LogP contribution in [0.1, 0.15) is 48.0 Å². The number of aromatic nitrogens is 5. The highest BCUT2D eigenvalue weighted by atomic mass is 32.7. The van der Waals surface area contributed by atoms with Crippen LogP contribution >= 0.6 is 38.1 Å². The summed E-state index contributed by atoms with van der Waals surface area (Å²) in [5.41, 5.74) is 12.7. The standard InChI is InChI=1S/C23H30FN7O8P2S2/c1-2-35-40(33,42)37-9-16-19(17(24)23(38-16)31-11-30-18-20(25)28-10-29-22(18)31)39-41(34,43)36-8-12-5-14(6-12)13-3-4-27-15(7-13)21(26)32/h3-4,7,10-12,14,16-17,19,23H,2,5-6,8-9H2,1H3,(H2,26,32)(H,33,42)(H,34,43)(H2,25,28,29)/t12-,14+,16-,17+,19-,23-,40?,41?/m1/s1. The van der Waals surface area contributed by atoms with Gasteiger partial charge in [0.15, 0.2) is 23.9 Å². The number of nitrogens with two attached hydrogens (primary N) is 2. The Morgan fingerprint density at radius 1 is 1.14 bits per heavy atom. The van der Waals surface area contributed by atoms with E-state index in [0.29, 0.717) is 12.8 Å². The number of hydrogen-bond acceptors (Lipinski definition) is 13. The predicted octanol–water partition coefficient (Wildman–Crippen LogP) is 3.86. The Morgan fingerprint density at radius 2 is 1.88 bits per heavy atom. The van der Waals surface area contributed by atoms with Gasteiger partial charge in [-0.05, 0) is 49.3 Å². The number of nitrogens with zero attached hydrogens (tertiary/aromatic N) is 5. The van der Waals surface area contributed by atoms with Crippen LogP contribution in [0.2, 0.25) is 0 Å². The molecule has 1 aliphatic carbocycles. The van der Waals surface area contributed by atoms with Crippen LogP contribution < -0.4 is 11.5 Å². The largest absolute Gasteiger partial charge is 0.386 e. The summed E-state index contributed by atoms with van der Waals surface area (Å²) < 4.78 is 70.3. The fraction of sp³-hybridized carbons (Fsp3) is 0.522. The Labute approximate surface area is 256 Å². The summed E-state index contributed by atoms with van der Waals surface area (Å²) in [6.07, 6.45) is -0.727. The Kier molecular flexibility index (Phi) is 9.81. The summed E-state index contributed by atoms with van der Waals surface area (Å²) in [6.45, 7) is -6.74. The van der Waals surface area contributed by atoms with Crippen molar-refractivity contribution in [2.75, 3.05) is 25.6 Å². The molecule has 2 fully saturated rings. The zero-order chi connectivity index (χ0) is 30.9. The van der Waals surface area contributed by atoms with Crippen LogP contribution in [0.5, 0.6) is 0 Å². The first kappa shape index (κ1) is 32.3. The Morgan fingerprint density at radius 3 is 2.60 bits per heavy atom. The molecule has 0 spiro atoms. The van der Waals surface area contributed by atoms with Crippen LogP contribution in [0.4, 0.5) is 10.2 Å². The zero-order valence-electron chi connectivity index (χ0n) is 22.7. The third kappa shape index (κ3) is 7.40. The van der Waals surface area contributed by atoms with Crippen LogP contribution in [-0.4, -0.2) is 68.6 Å². The number of halogens is 1. The molecule has 6 atom stereocenters. The molecular formula is C23H30FN7O8P2S2. The lowest BCUT2D eigenvalue weighted by Gasteiger charge is -2.36. The van der Waals surface area contributed by atoms with E-state index >= 15 is 4.39 Å². The zero-order valence-corrected chi connectivity index (χ0v) is 26.3. The molecule has 0 aromatic carbocycles. The van der Waals surface area contributed by atoms with E-state index in [0.717, 1.165) is 5.56 Å². The fourth-order valence-corrected chi connectivity index (χ4v) is 7.79. The van der Waals surface area contributed by atoms with E-state index in [1.54, 1.807) is 19.1 Å². The average molecular weight is 678 g/mol. The SMILES string of the molecule is CCOP(=O)(S)OC[C@H]1O[C@@H](n2cnc3c(N)ncnc32)[C@@H](F)[C@@H]1OP(=O)(S)OC[C@H]1C[C@@H](c2ccnc(C(N)=O)c2)C1. The number of pyridine rings is 1. The molecule has 1 amide bonds. The monoisotopic (exact) mass is 677 g/mol. The summed E-state index contributed by atoms with van der Waals surface area (Å²) in [7, 11) is 0. The van der Waals surface area contributed by atoms with E-state index in [2.05, 4.69) is 44.4 Å². The van der Waals surface area contributed by atoms with Crippen molar-refractivity contribution >= 4 is 61.0 Å². The molecule has 3 aromatic rings. The van der Waals surface area contributed by atoms with Gasteiger partial charge in [-0.1, -0.05) is 24.5 Å². The molecule has 4 N–H and O–H groups in total. The smallest absolute Gasteiger partial charge is 0.382 e. The van der Waals surface area contributed by atoms with Crippen molar-refractivity contribution in [3.8, 4) is 0 Å². The molecule has 4 heterocycles. The molecule has 2 unspecified atom stereocenters. The van der Waals surface area contributed by atoms with Crippen molar-refractivity contribution in [3.05, 3.63) is 42.2 Å². The van der Waals surface area contributed by atoms with E-state index in [-0.39, 0.29) is 47.7 Å². The lowest BCUT2D eigenvalue weighted by molar-refractivity contribution is -0.0409. The Bertz CT molecular complexity index is 1580. The molecule has 15 nitrogen and oxygen atoms in total. The van der Waals surface area contributed by atoms with E-state index in [1.165, 1.54) is 23.4 Å². The predicted molar refractivity (Wildman–Crippen MR) is 158 cm³/mol. The topological polar surface area (TPSA) is 206 Å². The molecule has 0 bridgehead atoms. The summed E-state index contributed by atoms with van der Waals surface area (Å²) >= 11 is 7.98. The lowest BCUT2D eigenvalue weighted by atomic mass is 9.72. The molecule has 5 rings (SSSR count). The first-order valence-electron chi connectivity index (χ1n) is 13.1. The first-order chi connectivity index (χ1) is 20.4. The number of amides is 1. The number of nitrogen functional groups attached to an aromatic ring is 1. The number of imidazole rings is 1. The third-order valence-electron chi connectivity index (χ3n) is 7.09. The van der Waals surface area contributed by atoms with Gasteiger partial charge in [0.2, 0.25) is 0 Å². The van der Waals surface area contributed by atoms with Gasteiger partial charge in [0, 0.05) is 6.20 Å². The van der Waals surface area contributed by atoms with E-state index in [4.69, 9.17) is 34.3 Å². The van der Waals surface area contributed by atoms with Gasteiger partial charge in [0.1, 0.15) is 29.7 Å². The molecule has 234 valence electrons. The van der Waals surface area contributed by atoms with Crippen LogP contribution in [0.25, 0.3) is 11.2 Å². The fourth-order valence-electron chi connectivity index (χ4n) is 4.97. The molecular weight excluding hydrogens is 647 g/mol. The number of thiol groups is 2. The van der Waals surface area contributed by atoms with Gasteiger partial charge in [-0.2, -0.15) is 0 Å². The first-order valence-corrected chi connectivity index (χ1v) is 18.5. The number of alkyl halides is 1. The maximum absolute atomic E-state index is 16.0. The van der Waals surface area contributed by atoms with Crippen molar-refractivity contribution in [2.45, 2.75) is 50.3 Å². The lowest BCUT2D eigenvalue weighted by Crippen LogP contribution is -2.33. The molecule has 43 heavy (non-hydrogen) atoms. The van der Waals surface area contributed by atoms with E-state index < -0.39 is 50.7 Å². The molecule has 1 aliphatic heterocycles. The van der Waals surface area contributed by atoms with Gasteiger partial charge >= 0.3 is 13.6 Å². The van der Waals surface area contributed by atoms with Crippen molar-refractivity contribution in [3.63, 3.8) is 0 Å². The van der Waals surface area contributed by atoms with Crippen molar-refractivity contribution < 1.29 is 41.1 Å². The summed E-state index contributed by atoms with van der Waals surface area (Å²) in [5.74, 6) is -0.381. The number of anilines is 1. The minimum Gasteiger partial charge on any atom is -0.382 e. The van der Waals surface area contributed by atoms with Crippen LogP contribution in [0.15, 0.2) is 31.0 Å². The Balaban J connectivity index is 1.25. The molecule has 3 aromatic heterocycles. The number of rotatable bonds is 13. The summed E-state index contributed by atoms with van der Waals surface area (Å²) in [5, 5.41) is 0. The second-order valence-electron chi connectivity index (χ2n) is 9.98. The van der Waals surface area contributed by atoms with E-state index in [9.17, 15) is 13.9 Å². The maximum Gasteiger partial charge on any atom is 0.386 e. The number of primary amides is 1. The molecule has 1 saturated heterocycles.